The van der Waals surface area contributed by atoms with Crippen LogP contribution in [0, 0.1) is 10.1 Å². The number of halogens is 2. The van der Waals surface area contributed by atoms with Crippen molar-refractivity contribution in [3.05, 3.63) is 67.7 Å². The second-order valence-electron chi connectivity index (χ2n) is 4.29. The minimum Gasteiger partial charge on any atom is -0.487 e. The molecule has 0 atom stereocenters. The van der Waals surface area contributed by atoms with Crippen molar-refractivity contribution in [3.8, 4) is 5.75 Å². The van der Waals surface area contributed by atoms with Gasteiger partial charge in [0, 0.05) is 29.3 Å². The average molecular weight is 327 g/mol. The summed E-state index contributed by atoms with van der Waals surface area (Å²) in [4.78, 5) is 10.1. The molecule has 2 N–H and O–H groups in total. The van der Waals surface area contributed by atoms with Gasteiger partial charge in [0.2, 0.25) is 0 Å². The van der Waals surface area contributed by atoms with Crippen LogP contribution < -0.4 is 10.5 Å². The van der Waals surface area contributed by atoms with Crippen LogP contribution in [-0.2, 0) is 13.2 Å². The van der Waals surface area contributed by atoms with E-state index >= 15 is 0 Å². The summed E-state index contributed by atoms with van der Waals surface area (Å²) in [6.07, 6.45) is 0. The van der Waals surface area contributed by atoms with Gasteiger partial charge in [0.25, 0.3) is 5.69 Å². The van der Waals surface area contributed by atoms with E-state index in [4.69, 9.17) is 33.7 Å². The first kappa shape index (κ1) is 15.6. The van der Waals surface area contributed by atoms with Crippen molar-refractivity contribution in [2.45, 2.75) is 13.2 Å². The molecule has 0 fully saturated rings. The molecule has 0 bridgehead atoms. The van der Waals surface area contributed by atoms with Gasteiger partial charge < -0.3 is 10.5 Å². The Hall–Kier alpha value is -1.82. The van der Waals surface area contributed by atoms with Crippen molar-refractivity contribution < 1.29 is 9.66 Å². The van der Waals surface area contributed by atoms with E-state index in [0.717, 1.165) is 5.56 Å². The lowest BCUT2D eigenvalue weighted by atomic mass is 10.2. The molecule has 0 saturated carbocycles. The van der Waals surface area contributed by atoms with Gasteiger partial charge >= 0.3 is 0 Å². The normalized spacial score (nSPS) is 10.4. The standard InChI is InChI=1S/C14H12Cl2N2O3/c15-11-5-10(7-17)14(13(16)6-11)21-8-9-1-3-12(4-2-9)18(19)20/h1-6H,7-8,17H2. The molecule has 0 aliphatic heterocycles. The molecule has 2 aromatic carbocycles. The summed E-state index contributed by atoms with van der Waals surface area (Å²) in [5.41, 5.74) is 7.16. The highest BCUT2D eigenvalue weighted by Gasteiger charge is 2.10. The van der Waals surface area contributed by atoms with Gasteiger partial charge in [0.1, 0.15) is 12.4 Å². The first-order valence-electron chi connectivity index (χ1n) is 6.05. The molecule has 0 unspecified atom stereocenters. The Morgan fingerprint density at radius 2 is 1.86 bits per heavy atom. The minimum atomic E-state index is -0.451. The molecule has 0 heterocycles. The van der Waals surface area contributed by atoms with Gasteiger partial charge in [-0.1, -0.05) is 23.2 Å². The lowest BCUT2D eigenvalue weighted by Gasteiger charge is -2.12. The lowest BCUT2D eigenvalue weighted by Crippen LogP contribution is -2.03. The summed E-state index contributed by atoms with van der Waals surface area (Å²) in [7, 11) is 0. The number of ether oxygens (including phenoxy) is 1. The fraction of sp³-hybridized carbons (Fsp3) is 0.143. The number of nitro groups is 1. The molecule has 7 heteroatoms. The molecule has 0 aromatic heterocycles. The van der Waals surface area contributed by atoms with Gasteiger partial charge in [-0.2, -0.15) is 0 Å². The number of hydrogen-bond donors (Lipinski definition) is 1. The smallest absolute Gasteiger partial charge is 0.269 e. The van der Waals surface area contributed by atoms with Crippen LogP contribution in [0.15, 0.2) is 36.4 Å². The Balaban J connectivity index is 2.14. The molecular formula is C14H12Cl2N2O3. The number of hydrogen-bond acceptors (Lipinski definition) is 4. The number of nitrogens with two attached hydrogens (primary N) is 1. The van der Waals surface area contributed by atoms with Gasteiger partial charge in [0.05, 0.1) is 9.95 Å². The summed E-state index contributed by atoms with van der Waals surface area (Å²) in [5, 5.41) is 11.5. The first-order valence-corrected chi connectivity index (χ1v) is 6.81. The Morgan fingerprint density at radius 1 is 1.19 bits per heavy atom. The maximum absolute atomic E-state index is 10.6. The third kappa shape index (κ3) is 3.85. The molecule has 110 valence electrons. The van der Waals surface area contributed by atoms with Crippen molar-refractivity contribution in [1.82, 2.24) is 0 Å². The molecule has 0 radical (unpaired) electrons. The molecule has 0 amide bonds. The fourth-order valence-electron chi connectivity index (χ4n) is 1.80. The predicted octanol–water partition coefficient (Wildman–Crippen LogP) is 3.94. The summed E-state index contributed by atoms with van der Waals surface area (Å²) in [5.74, 6) is 0.474. The Kier molecular flexibility index (Phi) is 5.01. The molecule has 0 aliphatic rings. The number of non-ortho nitro benzene ring substituents is 1. The van der Waals surface area contributed by atoms with Crippen LogP contribution >= 0.6 is 23.2 Å². The van der Waals surface area contributed by atoms with E-state index in [2.05, 4.69) is 0 Å². The third-order valence-electron chi connectivity index (χ3n) is 2.84. The zero-order valence-electron chi connectivity index (χ0n) is 10.9. The highest BCUT2D eigenvalue weighted by molar-refractivity contribution is 6.35. The maximum Gasteiger partial charge on any atom is 0.269 e. The van der Waals surface area contributed by atoms with Crippen molar-refractivity contribution in [3.63, 3.8) is 0 Å². The number of rotatable bonds is 5. The highest BCUT2D eigenvalue weighted by atomic mass is 35.5. The average Bonchev–Trinajstić information content (AvgIpc) is 2.46. The van der Waals surface area contributed by atoms with E-state index in [1.165, 1.54) is 12.1 Å². The van der Waals surface area contributed by atoms with Crippen LogP contribution in [0.5, 0.6) is 5.75 Å². The van der Waals surface area contributed by atoms with E-state index in [0.29, 0.717) is 21.4 Å². The van der Waals surface area contributed by atoms with Gasteiger partial charge in [0.15, 0.2) is 0 Å². The third-order valence-corrected chi connectivity index (χ3v) is 3.33. The van der Waals surface area contributed by atoms with Crippen LogP contribution in [0.4, 0.5) is 5.69 Å². The van der Waals surface area contributed by atoms with Crippen LogP contribution in [0.25, 0.3) is 0 Å². The second-order valence-corrected chi connectivity index (χ2v) is 5.14. The van der Waals surface area contributed by atoms with Crippen LogP contribution in [0.1, 0.15) is 11.1 Å². The number of nitrogens with zero attached hydrogens (tertiary/aromatic N) is 1. The van der Waals surface area contributed by atoms with Gasteiger partial charge in [-0.25, -0.2) is 0 Å². The highest BCUT2D eigenvalue weighted by Crippen LogP contribution is 2.32. The monoisotopic (exact) mass is 326 g/mol. The first-order chi connectivity index (χ1) is 10.0. The second kappa shape index (κ2) is 6.76. The SMILES string of the molecule is NCc1cc(Cl)cc(Cl)c1OCc1ccc([N+](=O)[O-])cc1. The topological polar surface area (TPSA) is 78.4 Å². The van der Waals surface area contributed by atoms with Crippen molar-refractivity contribution >= 4 is 28.9 Å². The zero-order chi connectivity index (χ0) is 15.4. The van der Waals surface area contributed by atoms with Gasteiger partial charge in [-0.05, 0) is 29.8 Å². The van der Waals surface area contributed by atoms with Crippen LogP contribution in [-0.4, -0.2) is 4.92 Å². The molecular weight excluding hydrogens is 315 g/mol. The van der Waals surface area contributed by atoms with Crippen LogP contribution in [0.3, 0.4) is 0 Å². The van der Waals surface area contributed by atoms with Crippen molar-refractivity contribution in [1.29, 1.82) is 0 Å². The Labute approximate surface area is 131 Å². The predicted molar refractivity (Wildman–Crippen MR) is 81.8 cm³/mol. The fourth-order valence-corrected chi connectivity index (χ4v) is 2.39. The van der Waals surface area contributed by atoms with E-state index in [9.17, 15) is 10.1 Å². The van der Waals surface area contributed by atoms with Gasteiger partial charge in [-0.15, -0.1) is 0 Å². The van der Waals surface area contributed by atoms with Crippen molar-refractivity contribution in [2.24, 2.45) is 5.73 Å². The molecule has 0 spiro atoms. The van der Waals surface area contributed by atoms with E-state index < -0.39 is 4.92 Å². The molecule has 2 rings (SSSR count). The Morgan fingerprint density at radius 3 is 2.43 bits per heavy atom. The molecule has 21 heavy (non-hydrogen) atoms. The number of nitro benzene ring substituents is 1. The quantitative estimate of drug-likeness (QED) is 0.666. The summed E-state index contributed by atoms with van der Waals surface area (Å²) in [6.45, 7) is 0.474. The molecule has 2 aromatic rings. The minimum absolute atomic E-state index is 0.0333. The summed E-state index contributed by atoms with van der Waals surface area (Å²) < 4.78 is 5.66. The molecule has 5 nitrogen and oxygen atoms in total. The number of benzene rings is 2. The Bertz CT molecular complexity index is 660. The van der Waals surface area contributed by atoms with E-state index in [-0.39, 0.29) is 18.8 Å². The summed E-state index contributed by atoms with van der Waals surface area (Å²) in [6, 6.07) is 9.37. The van der Waals surface area contributed by atoms with E-state index in [1.54, 1.807) is 24.3 Å². The van der Waals surface area contributed by atoms with E-state index in [1.807, 2.05) is 0 Å². The zero-order valence-corrected chi connectivity index (χ0v) is 12.4. The maximum atomic E-state index is 10.6. The summed E-state index contributed by atoms with van der Waals surface area (Å²) >= 11 is 12.0. The molecule has 0 aliphatic carbocycles. The van der Waals surface area contributed by atoms with Gasteiger partial charge in [-0.3, -0.25) is 10.1 Å². The molecule has 0 saturated heterocycles. The largest absolute Gasteiger partial charge is 0.487 e. The van der Waals surface area contributed by atoms with Crippen LogP contribution in [0.2, 0.25) is 10.0 Å². The lowest BCUT2D eigenvalue weighted by molar-refractivity contribution is -0.384. The van der Waals surface area contributed by atoms with Crippen molar-refractivity contribution in [2.75, 3.05) is 0 Å².